The minimum Gasteiger partial charge on any atom is -0.482 e. The molecule has 0 saturated carbocycles. The number of amides is 1. The summed E-state index contributed by atoms with van der Waals surface area (Å²) >= 11 is 6.52. The zero-order valence-corrected chi connectivity index (χ0v) is 15.2. The van der Waals surface area contributed by atoms with Crippen LogP contribution in [0.5, 0.6) is 5.75 Å². The highest BCUT2D eigenvalue weighted by molar-refractivity contribution is 6.32. The van der Waals surface area contributed by atoms with Gasteiger partial charge in [-0.2, -0.15) is 0 Å². The summed E-state index contributed by atoms with van der Waals surface area (Å²) in [6.07, 6.45) is 1.97. The molecule has 1 amide bonds. The van der Waals surface area contributed by atoms with Crippen molar-refractivity contribution in [3.63, 3.8) is 0 Å². The average Bonchev–Trinajstić information content (AvgIpc) is 2.92. The van der Waals surface area contributed by atoms with Gasteiger partial charge in [-0.05, 0) is 37.5 Å². The van der Waals surface area contributed by atoms with E-state index in [4.69, 9.17) is 16.3 Å². The van der Waals surface area contributed by atoms with Gasteiger partial charge in [-0.25, -0.2) is 4.68 Å². The van der Waals surface area contributed by atoms with Crippen LogP contribution in [0.25, 0.3) is 11.1 Å². The van der Waals surface area contributed by atoms with E-state index in [0.717, 1.165) is 19.4 Å². The summed E-state index contributed by atoms with van der Waals surface area (Å²) in [4.78, 5) is 26.7. The highest BCUT2D eigenvalue weighted by Crippen LogP contribution is 2.37. The monoisotopic (exact) mass is 371 g/mol. The van der Waals surface area contributed by atoms with Crippen LogP contribution in [-0.4, -0.2) is 28.4 Å². The van der Waals surface area contributed by atoms with Gasteiger partial charge in [0.1, 0.15) is 10.9 Å². The van der Waals surface area contributed by atoms with Gasteiger partial charge in [0.25, 0.3) is 11.5 Å². The van der Waals surface area contributed by atoms with Crippen molar-refractivity contribution >= 4 is 23.2 Å². The fourth-order valence-corrected chi connectivity index (χ4v) is 3.82. The van der Waals surface area contributed by atoms with Crippen LogP contribution < -0.4 is 15.2 Å². The number of hydrogen-bond acceptors (Lipinski definition) is 3. The third-order valence-electron chi connectivity index (χ3n) is 4.77. The molecule has 1 aromatic heterocycles. The Kier molecular flexibility index (Phi) is 4.25. The number of rotatable bonds is 2. The number of carbonyl (C=O) groups is 1. The van der Waals surface area contributed by atoms with E-state index in [2.05, 4.69) is 11.8 Å². The molecule has 6 nitrogen and oxygen atoms in total. The highest BCUT2D eigenvalue weighted by atomic mass is 35.5. The van der Waals surface area contributed by atoms with Crippen molar-refractivity contribution in [2.75, 3.05) is 18.1 Å². The number of halogens is 1. The van der Waals surface area contributed by atoms with Gasteiger partial charge in [0.05, 0.1) is 17.8 Å². The molecule has 2 aromatic rings. The molecule has 26 heavy (non-hydrogen) atoms. The second kappa shape index (κ2) is 6.58. The Labute approximate surface area is 155 Å². The van der Waals surface area contributed by atoms with Crippen LogP contribution in [0.2, 0.25) is 5.15 Å². The molecule has 0 fully saturated rings. The first-order chi connectivity index (χ1) is 12.6. The minimum absolute atomic E-state index is 0.0122. The molecule has 0 N–H and O–H groups in total. The number of benzene rings is 1. The fraction of sp³-hybridized carbons (Fsp3) is 0.368. The standard InChI is InChI=1S/C19H18ClN3O3/c1-2-3-8-21-14-11-13(6-7-15(14)26-12-16(21)24)17-18(20)22-9-4-5-10-23(22)19(17)25/h6-7,11H,4-5,8-10,12H2,1H3. The normalized spacial score (nSPS) is 15.6. The molecule has 134 valence electrons. The Morgan fingerprint density at radius 3 is 2.69 bits per heavy atom. The Bertz CT molecular complexity index is 1010. The van der Waals surface area contributed by atoms with Gasteiger partial charge in [-0.15, -0.1) is 5.92 Å². The lowest BCUT2D eigenvalue weighted by Gasteiger charge is -2.28. The Morgan fingerprint density at radius 1 is 1.19 bits per heavy atom. The number of fused-ring (bicyclic) bond motifs is 2. The molecule has 3 heterocycles. The predicted octanol–water partition coefficient (Wildman–Crippen LogP) is 2.51. The van der Waals surface area contributed by atoms with Crippen molar-refractivity contribution in [1.29, 1.82) is 0 Å². The van der Waals surface area contributed by atoms with Crippen molar-refractivity contribution in [3.8, 4) is 28.7 Å². The van der Waals surface area contributed by atoms with Gasteiger partial charge in [-0.3, -0.25) is 19.2 Å². The first-order valence-electron chi connectivity index (χ1n) is 8.58. The second-order valence-electron chi connectivity index (χ2n) is 6.30. The Hall–Kier alpha value is -2.65. The second-order valence-corrected chi connectivity index (χ2v) is 6.66. The molecule has 2 aliphatic heterocycles. The molecule has 0 radical (unpaired) electrons. The molecule has 0 spiro atoms. The number of aromatic nitrogens is 2. The molecule has 2 aliphatic rings. The number of carbonyl (C=O) groups excluding carboxylic acids is 1. The van der Waals surface area contributed by atoms with Crippen molar-refractivity contribution in [2.24, 2.45) is 0 Å². The Morgan fingerprint density at radius 2 is 1.96 bits per heavy atom. The molecular weight excluding hydrogens is 354 g/mol. The van der Waals surface area contributed by atoms with Gasteiger partial charge in [0.15, 0.2) is 6.61 Å². The fourth-order valence-electron chi connectivity index (χ4n) is 3.46. The molecular formula is C19H18ClN3O3. The predicted molar refractivity (Wildman–Crippen MR) is 99.7 cm³/mol. The maximum Gasteiger partial charge on any atom is 0.276 e. The van der Waals surface area contributed by atoms with Crippen LogP contribution >= 0.6 is 11.6 Å². The van der Waals surface area contributed by atoms with Crippen LogP contribution in [0.4, 0.5) is 5.69 Å². The van der Waals surface area contributed by atoms with Crippen molar-refractivity contribution in [1.82, 2.24) is 9.36 Å². The van der Waals surface area contributed by atoms with E-state index < -0.39 is 0 Å². The smallest absolute Gasteiger partial charge is 0.276 e. The van der Waals surface area contributed by atoms with Gasteiger partial charge in [0, 0.05) is 13.1 Å². The zero-order chi connectivity index (χ0) is 18.3. The quantitative estimate of drug-likeness (QED) is 0.762. The third-order valence-corrected chi connectivity index (χ3v) is 5.15. The number of anilines is 1. The minimum atomic E-state index is -0.156. The molecule has 0 bridgehead atoms. The van der Waals surface area contributed by atoms with Gasteiger partial charge >= 0.3 is 0 Å². The van der Waals surface area contributed by atoms with E-state index in [-0.39, 0.29) is 24.6 Å². The maximum atomic E-state index is 12.8. The van der Waals surface area contributed by atoms with Crippen molar-refractivity contribution < 1.29 is 9.53 Å². The average molecular weight is 372 g/mol. The zero-order valence-electron chi connectivity index (χ0n) is 14.4. The molecule has 0 atom stereocenters. The third kappa shape index (κ3) is 2.60. The number of nitrogens with zero attached hydrogens (tertiary/aromatic N) is 3. The van der Waals surface area contributed by atoms with E-state index in [0.29, 0.717) is 34.3 Å². The van der Waals surface area contributed by atoms with Crippen LogP contribution in [0.3, 0.4) is 0 Å². The van der Waals surface area contributed by atoms with Crippen LogP contribution in [0, 0.1) is 11.8 Å². The van der Waals surface area contributed by atoms with Crippen molar-refractivity contribution in [3.05, 3.63) is 33.7 Å². The summed E-state index contributed by atoms with van der Waals surface area (Å²) in [5, 5.41) is 0.442. The highest BCUT2D eigenvalue weighted by Gasteiger charge is 2.27. The summed E-state index contributed by atoms with van der Waals surface area (Å²) in [5.74, 6) is 6.16. The van der Waals surface area contributed by atoms with E-state index in [1.807, 2.05) is 10.7 Å². The van der Waals surface area contributed by atoms with Crippen LogP contribution in [0.15, 0.2) is 23.0 Å². The van der Waals surface area contributed by atoms with E-state index in [9.17, 15) is 9.59 Å². The van der Waals surface area contributed by atoms with Crippen LogP contribution in [-0.2, 0) is 17.9 Å². The van der Waals surface area contributed by atoms with Gasteiger partial charge in [-0.1, -0.05) is 23.6 Å². The van der Waals surface area contributed by atoms with Crippen molar-refractivity contribution in [2.45, 2.75) is 32.9 Å². The first-order valence-corrected chi connectivity index (χ1v) is 8.96. The topological polar surface area (TPSA) is 56.5 Å². The Balaban J connectivity index is 1.84. The lowest BCUT2D eigenvalue weighted by Crippen LogP contribution is -2.39. The number of ether oxygens (including phenoxy) is 1. The largest absolute Gasteiger partial charge is 0.482 e. The molecule has 0 saturated heterocycles. The molecule has 7 heteroatoms. The lowest BCUT2D eigenvalue weighted by atomic mass is 10.1. The SMILES string of the molecule is CC#CCN1C(=O)COc2ccc(-c3c(Cl)n4n(c3=O)CCCC4)cc21. The molecule has 1 aromatic carbocycles. The lowest BCUT2D eigenvalue weighted by molar-refractivity contribution is -0.121. The summed E-state index contributed by atoms with van der Waals surface area (Å²) in [6, 6.07) is 5.38. The van der Waals surface area contributed by atoms with Crippen LogP contribution in [0.1, 0.15) is 19.8 Å². The van der Waals surface area contributed by atoms with E-state index >= 15 is 0 Å². The maximum absolute atomic E-state index is 12.8. The summed E-state index contributed by atoms with van der Waals surface area (Å²) < 4.78 is 9.05. The summed E-state index contributed by atoms with van der Waals surface area (Å²) in [5.41, 5.74) is 1.67. The van der Waals surface area contributed by atoms with E-state index in [1.54, 1.807) is 28.6 Å². The van der Waals surface area contributed by atoms with Gasteiger partial charge < -0.3 is 4.74 Å². The van der Waals surface area contributed by atoms with Gasteiger partial charge in [0.2, 0.25) is 0 Å². The molecule has 0 unspecified atom stereocenters. The number of hydrogen-bond donors (Lipinski definition) is 0. The first kappa shape index (κ1) is 16.8. The molecule has 0 aliphatic carbocycles. The molecule has 4 rings (SSSR count). The summed E-state index contributed by atoms with van der Waals surface area (Å²) in [6.45, 7) is 3.41. The van der Waals surface area contributed by atoms with E-state index in [1.165, 1.54) is 0 Å². The summed E-state index contributed by atoms with van der Waals surface area (Å²) in [7, 11) is 0.